The first-order chi connectivity index (χ1) is 11.3. The van der Waals surface area contributed by atoms with Crippen LogP contribution in [0, 0.1) is 0 Å². The maximum Gasteiger partial charge on any atom is 0.435 e. The Balaban J connectivity index is 2.22. The Hall–Kier alpha value is -2.56. The van der Waals surface area contributed by atoms with Crippen LogP contribution in [0.3, 0.4) is 0 Å². The van der Waals surface area contributed by atoms with Crippen molar-refractivity contribution in [2.75, 3.05) is 5.73 Å². The van der Waals surface area contributed by atoms with Crippen molar-refractivity contribution in [1.29, 1.82) is 0 Å². The highest BCUT2D eigenvalue weighted by Gasteiger charge is 2.40. The quantitative estimate of drug-likeness (QED) is 0.718. The summed E-state index contributed by atoms with van der Waals surface area (Å²) in [6, 6.07) is 3.69. The number of nitrogens with zero attached hydrogens (tertiary/aromatic N) is 4. The van der Waals surface area contributed by atoms with Gasteiger partial charge >= 0.3 is 6.18 Å². The topological polar surface area (TPSA) is 69.6 Å². The zero-order valence-corrected chi connectivity index (χ0v) is 12.4. The van der Waals surface area contributed by atoms with Crippen molar-refractivity contribution in [3.05, 3.63) is 41.2 Å². The van der Waals surface area contributed by atoms with E-state index in [1.807, 2.05) is 0 Å². The number of thiophene rings is 1. The highest BCUT2D eigenvalue weighted by molar-refractivity contribution is 7.15. The molecule has 3 heterocycles. The molecule has 0 amide bonds. The average Bonchev–Trinajstić information content (AvgIpc) is 3.12. The van der Waals surface area contributed by atoms with E-state index < -0.39 is 23.9 Å². The summed E-state index contributed by atoms with van der Waals surface area (Å²) in [7, 11) is 0. The second-order valence-corrected chi connectivity index (χ2v) is 5.69. The van der Waals surface area contributed by atoms with Crippen LogP contribution < -0.4 is 5.73 Å². The predicted molar refractivity (Wildman–Crippen MR) is 76.8 cm³/mol. The number of hydrogen-bond donors (Lipinski definition) is 1. The van der Waals surface area contributed by atoms with E-state index in [1.165, 1.54) is 18.5 Å². The molecule has 0 radical (unpaired) electrons. The van der Waals surface area contributed by atoms with Crippen LogP contribution in [0.4, 0.5) is 27.8 Å². The van der Waals surface area contributed by atoms with E-state index >= 15 is 0 Å². The third kappa shape index (κ3) is 2.82. The van der Waals surface area contributed by atoms with Gasteiger partial charge in [-0.3, -0.25) is 0 Å². The predicted octanol–water partition coefficient (Wildman–Crippen LogP) is 3.93. The van der Waals surface area contributed by atoms with Crippen LogP contribution in [0.1, 0.15) is 17.0 Å². The molecule has 0 atom stereocenters. The summed E-state index contributed by atoms with van der Waals surface area (Å²) in [5, 5.41) is 3.44. The van der Waals surface area contributed by atoms with Crippen molar-refractivity contribution in [1.82, 2.24) is 19.7 Å². The van der Waals surface area contributed by atoms with Gasteiger partial charge in [0.25, 0.3) is 12.4 Å². The van der Waals surface area contributed by atoms with Gasteiger partial charge in [0.15, 0.2) is 5.69 Å². The molecular weight excluding hydrogens is 353 g/mol. The van der Waals surface area contributed by atoms with E-state index in [-0.39, 0.29) is 21.5 Å². The number of rotatable bonds is 3. The van der Waals surface area contributed by atoms with E-state index in [1.54, 1.807) is 0 Å². The van der Waals surface area contributed by atoms with Crippen molar-refractivity contribution in [2.24, 2.45) is 0 Å². The molecular formula is C13H8F5N5S. The molecule has 0 aromatic carbocycles. The van der Waals surface area contributed by atoms with Gasteiger partial charge in [-0.05, 0) is 18.2 Å². The number of alkyl halides is 5. The van der Waals surface area contributed by atoms with Crippen molar-refractivity contribution < 1.29 is 22.0 Å². The van der Waals surface area contributed by atoms with Crippen LogP contribution in [0.2, 0.25) is 0 Å². The van der Waals surface area contributed by atoms with E-state index in [0.717, 1.165) is 16.8 Å². The number of halogens is 5. The van der Waals surface area contributed by atoms with Crippen molar-refractivity contribution in [3.63, 3.8) is 0 Å². The molecule has 0 aliphatic rings. The number of hydrogen-bond acceptors (Lipinski definition) is 5. The summed E-state index contributed by atoms with van der Waals surface area (Å²) in [6.45, 7) is 0. The second kappa shape index (κ2) is 5.82. The Labute approximate surface area is 135 Å². The molecule has 11 heteroatoms. The summed E-state index contributed by atoms with van der Waals surface area (Å²) in [5.41, 5.74) is 4.04. The standard InChI is InChI=1S/C13H8F5N5S/c14-10(15)7-3-2-6(24-7)8-9(13(16,17)18)22-23(11(8)19)12-20-4-1-5-21-12/h1-5,10H,19H2. The molecule has 0 bridgehead atoms. The zero-order chi connectivity index (χ0) is 17.5. The Kier molecular flexibility index (Phi) is 3.95. The molecule has 0 fully saturated rings. The number of nitrogen functional groups attached to an aromatic ring is 1. The Morgan fingerprint density at radius 2 is 1.79 bits per heavy atom. The first-order valence-electron chi connectivity index (χ1n) is 6.40. The SMILES string of the molecule is Nc1c(-c2ccc(C(F)F)s2)c(C(F)(F)F)nn1-c1ncccn1. The molecule has 3 aromatic heterocycles. The fourth-order valence-electron chi connectivity index (χ4n) is 2.03. The molecule has 0 aliphatic carbocycles. The third-order valence-corrected chi connectivity index (χ3v) is 4.13. The minimum absolute atomic E-state index is 0.0580. The highest BCUT2D eigenvalue weighted by atomic mass is 32.1. The van der Waals surface area contributed by atoms with Crippen LogP contribution in [-0.4, -0.2) is 19.7 Å². The summed E-state index contributed by atoms with van der Waals surface area (Å²) in [5.74, 6) is -0.534. The maximum atomic E-state index is 13.3. The van der Waals surface area contributed by atoms with Crippen molar-refractivity contribution in [3.8, 4) is 16.4 Å². The molecule has 126 valence electrons. The first kappa shape index (κ1) is 16.3. The molecule has 2 N–H and O–H groups in total. The van der Waals surface area contributed by atoms with E-state index in [2.05, 4.69) is 15.1 Å². The minimum Gasteiger partial charge on any atom is -0.383 e. The van der Waals surface area contributed by atoms with Gasteiger partial charge in [-0.1, -0.05) is 0 Å². The summed E-state index contributed by atoms with van der Waals surface area (Å²) in [4.78, 5) is 7.18. The second-order valence-electron chi connectivity index (χ2n) is 4.57. The summed E-state index contributed by atoms with van der Waals surface area (Å²) < 4.78 is 66.0. The van der Waals surface area contributed by atoms with E-state index in [4.69, 9.17) is 5.73 Å². The van der Waals surface area contributed by atoms with Gasteiger partial charge in [0.05, 0.1) is 10.4 Å². The lowest BCUT2D eigenvalue weighted by molar-refractivity contribution is -0.140. The van der Waals surface area contributed by atoms with E-state index in [0.29, 0.717) is 11.3 Å². The van der Waals surface area contributed by atoms with Gasteiger partial charge in [0, 0.05) is 17.3 Å². The normalized spacial score (nSPS) is 12.1. The largest absolute Gasteiger partial charge is 0.435 e. The summed E-state index contributed by atoms with van der Waals surface area (Å²) >= 11 is 0.523. The van der Waals surface area contributed by atoms with Crippen LogP contribution in [0.15, 0.2) is 30.6 Å². The van der Waals surface area contributed by atoms with Gasteiger partial charge in [-0.2, -0.15) is 23.0 Å². The molecule has 3 rings (SSSR count). The van der Waals surface area contributed by atoms with Crippen LogP contribution in [0.5, 0.6) is 0 Å². The van der Waals surface area contributed by atoms with Gasteiger partial charge in [-0.15, -0.1) is 11.3 Å². The third-order valence-electron chi connectivity index (χ3n) is 3.02. The fraction of sp³-hybridized carbons (Fsp3) is 0.154. The van der Waals surface area contributed by atoms with Crippen molar-refractivity contribution in [2.45, 2.75) is 12.6 Å². The van der Waals surface area contributed by atoms with Gasteiger partial charge in [-0.25, -0.2) is 18.7 Å². The lowest BCUT2D eigenvalue weighted by atomic mass is 10.2. The monoisotopic (exact) mass is 361 g/mol. The molecule has 0 unspecified atom stereocenters. The number of anilines is 1. The van der Waals surface area contributed by atoms with Gasteiger partial charge in [0.2, 0.25) is 0 Å². The number of aromatic nitrogens is 4. The first-order valence-corrected chi connectivity index (χ1v) is 7.22. The lowest BCUT2D eigenvalue weighted by Gasteiger charge is -2.04. The molecule has 0 saturated carbocycles. The Bertz CT molecular complexity index is 856. The molecule has 0 spiro atoms. The average molecular weight is 361 g/mol. The lowest BCUT2D eigenvalue weighted by Crippen LogP contribution is -2.09. The fourth-order valence-corrected chi connectivity index (χ4v) is 2.95. The van der Waals surface area contributed by atoms with Gasteiger partial charge in [0.1, 0.15) is 5.82 Å². The van der Waals surface area contributed by atoms with Crippen LogP contribution >= 0.6 is 11.3 Å². The Morgan fingerprint density at radius 3 is 2.33 bits per heavy atom. The molecule has 0 aliphatic heterocycles. The van der Waals surface area contributed by atoms with E-state index in [9.17, 15) is 22.0 Å². The smallest absolute Gasteiger partial charge is 0.383 e. The van der Waals surface area contributed by atoms with Crippen molar-refractivity contribution >= 4 is 17.2 Å². The Morgan fingerprint density at radius 1 is 1.12 bits per heavy atom. The van der Waals surface area contributed by atoms with Crippen LogP contribution in [-0.2, 0) is 6.18 Å². The summed E-state index contributed by atoms with van der Waals surface area (Å²) in [6.07, 6.45) is -4.97. The zero-order valence-electron chi connectivity index (χ0n) is 11.6. The highest BCUT2D eigenvalue weighted by Crippen LogP contribution is 2.43. The molecule has 3 aromatic rings. The molecule has 5 nitrogen and oxygen atoms in total. The maximum absolute atomic E-state index is 13.3. The minimum atomic E-state index is -4.82. The van der Waals surface area contributed by atoms with Gasteiger partial charge < -0.3 is 5.73 Å². The molecule has 24 heavy (non-hydrogen) atoms. The molecule has 0 saturated heterocycles. The number of nitrogens with two attached hydrogens (primary N) is 1. The van der Waals surface area contributed by atoms with Crippen LogP contribution in [0.25, 0.3) is 16.4 Å².